The third-order valence-corrected chi connectivity index (χ3v) is 6.77. The standard InChI is InChI=1S/C22H21N2S/c1-14-12-13-16-15-8-4-7-11-19(15)25-21(16)20(14)22-23(2)17-9-5-6-10-18(17)24(22)3/h4-6,8-10,12-13H,7,11H2,1-3H3/q+1. The Morgan fingerprint density at radius 1 is 1.12 bits per heavy atom. The molecular weight excluding hydrogens is 324 g/mol. The fourth-order valence-corrected chi connectivity index (χ4v) is 5.61. The van der Waals surface area contributed by atoms with Crippen LogP contribution < -0.4 is 4.57 Å². The van der Waals surface area contributed by atoms with Crippen molar-refractivity contribution >= 4 is 38.5 Å². The molecule has 2 aromatic carbocycles. The third kappa shape index (κ3) is 1.99. The van der Waals surface area contributed by atoms with Crippen LogP contribution in [0.4, 0.5) is 0 Å². The van der Waals surface area contributed by atoms with Crippen LogP contribution in [0.2, 0.25) is 0 Å². The fraction of sp³-hybridized carbons (Fsp3) is 0.227. The van der Waals surface area contributed by atoms with Crippen LogP contribution in [0.1, 0.15) is 22.4 Å². The number of hydrogen-bond acceptors (Lipinski definition) is 1. The third-order valence-electron chi connectivity index (χ3n) is 5.47. The number of allylic oxidation sites excluding steroid dienone is 1. The average molecular weight is 345 g/mol. The molecule has 0 saturated carbocycles. The Balaban J connectivity index is 1.92. The molecule has 0 unspecified atom stereocenters. The number of nitrogens with zero attached hydrogens (tertiary/aromatic N) is 2. The first-order valence-electron chi connectivity index (χ1n) is 8.82. The summed E-state index contributed by atoms with van der Waals surface area (Å²) in [6.07, 6.45) is 6.96. The van der Waals surface area contributed by atoms with Gasteiger partial charge in [0.2, 0.25) is 0 Å². The molecule has 2 nitrogen and oxygen atoms in total. The minimum atomic E-state index is 1.16. The monoisotopic (exact) mass is 345 g/mol. The maximum Gasteiger partial charge on any atom is 0.291 e. The van der Waals surface area contributed by atoms with Gasteiger partial charge in [0.15, 0.2) is 11.0 Å². The van der Waals surface area contributed by atoms with Crippen molar-refractivity contribution in [1.82, 2.24) is 4.57 Å². The summed E-state index contributed by atoms with van der Waals surface area (Å²) in [6, 6.07) is 13.2. The zero-order chi connectivity index (χ0) is 17.1. The van der Waals surface area contributed by atoms with Gasteiger partial charge in [-0.2, -0.15) is 0 Å². The highest BCUT2D eigenvalue weighted by Crippen LogP contribution is 2.42. The lowest BCUT2D eigenvalue weighted by Gasteiger charge is -2.06. The van der Waals surface area contributed by atoms with E-state index in [0.29, 0.717) is 0 Å². The van der Waals surface area contributed by atoms with Gasteiger partial charge in [-0.3, -0.25) is 0 Å². The summed E-state index contributed by atoms with van der Waals surface area (Å²) in [7, 11) is 4.37. The molecule has 0 N–H and O–H groups in total. The second-order valence-corrected chi connectivity index (χ2v) is 8.05. The van der Waals surface area contributed by atoms with Gasteiger partial charge in [0.25, 0.3) is 5.82 Å². The Bertz CT molecular complexity index is 1140. The smallest absolute Gasteiger partial charge is 0.226 e. The number of hydrogen-bond donors (Lipinski definition) is 0. The first-order valence-corrected chi connectivity index (χ1v) is 9.64. The van der Waals surface area contributed by atoms with Crippen LogP contribution in [0.5, 0.6) is 0 Å². The van der Waals surface area contributed by atoms with E-state index in [1.54, 1.807) is 0 Å². The second-order valence-electron chi connectivity index (χ2n) is 6.94. The molecule has 5 rings (SSSR count). The van der Waals surface area contributed by atoms with E-state index in [4.69, 9.17) is 0 Å². The van der Waals surface area contributed by atoms with Crippen LogP contribution in [0.15, 0.2) is 42.5 Å². The molecular formula is C22H21N2S+. The average Bonchev–Trinajstić information content (AvgIpc) is 3.12. The molecule has 0 atom stereocenters. The predicted molar refractivity (Wildman–Crippen MR) is 107 cm³/mol. The Morgan fingerprint density at radius 3 is 2.80 bits per heavy atom. The Hall–Kier alpha value is -2.39. The first kappa shape index (κ1) is 14.9. The minimum Gasteiger partial charge on any atom is -0.226 e. The molecule has 4 aromatic rings. The van der Waals surface area contributed by atoms with Gasteiger partial charge in [0.1, 0.15) is 0 Å². The highest BCUT2D eigenvalue weighted by atomic mass is 32.1. The van der Waals surface area contributed by atoms with Crippen LogP contribution in [-0.2, 0) is 20.5 Å². The summed E-state index contributed by atoms with van der Waals surface area (Å²) < 4.78 is 6.11. The van der Waals surface area contributed by atoms with Crippen molar-refractivity contribution < 1.29 is 4.57 Å². The fourth-order valence-electron chi connectivity index (χ4n) is 4.21. The molecule has 0 fully saturated rings. The van der Waals surface area contributed by atoms with Crippen LogP contribution in [0.25, 0.3) is 38.6 Å². The van der Waals surface area contributed by atoms with E-state index in [0.717, 1.165) is 6.42 Å². The number of thiophene rings is 1. The van der Waals surface area contributed by atoms with Crippen LogP contribution >= 0.6 is 11.3 Å². The van der Waals surface area contributed by atoms with E-state index in [-0.39, 0.29) is 0 Å². The van der Waals surface area contributed by atoms with Crippen molar-refractivity contribution in [3.8, 4) is 11.4 Å². The van der Waals surface area contributed by atoms with Crippen molar-refractivity contribution in [3.63, 3.8) is 0 Å². The maximum atomic E-state index is 2.34. The van der Waals surface area contributed by atoms with E-state index in [1.165, 1.54) is 54.9 Å². The van der Waals surface area contributed by atoms with Crippen molar-refractivity contribution in [2.24, 2.45) is 14.1 Å². The molecule has 1 aliphatic carbocycles. The number of benzene rings is 2. The lowest BCUT2D eigenvalue weighted by Crippen LogP contribution is -2.30. The van der Waals surface area contributed by atoms with Gasteiger partial charge in [0, 0.05) is 10.3 Å². The molecule has 25 heavy (non-hydrogen) atoms. The Morgan fingerprint density at radius 2 is 1.96 bits per heavy atom. The second kappa shape index (κ2) is 5.30. The van der Waals surface area contributed by atoms with Crippen molar-refractivity contribution in [2.75, 3.05) is 0 Å². The Labute approximate surface area is 151 Å². The van der Waals surface area contributed by atoms with E-state index in [9.17, 15) is 0 Å². The van der Waals surface area contributed by atoms with Crippen LogP contribution in [-0.4, -0.2) is 4.57 Å². The molecule has 0 bridgehead atoms. The van der Waals surface area contributed by atoms with E-state index >= 15 is 0 Å². The molecule has 124 valence electrons. The van der Waals surface area contributed by atoms with Gasteiger partial charge in [0.05, 0.1) is 24.4 Å². The van der Waals surface area contributed by atoms with E-state index < -0.39 is 0 Å². The minimum absolute atomic E-state index is 1.16. The van der Waals surface area contributed by atoms with Crippen LogP contribution in [0, 0.1) is 6.92 Å². The summed E-state index contributed by atoms with van der Waals surface area (Å²) in [4.78, 5) is 1.53. The summed E-state index contributed by atoms with van der Waals surface area (Å²) in [6.45, 7) is 2.24. The lowest BCUT2D eigenvalue weighted by molar-refractivity contribution is -0.634. The molecule has 0 radical (unpaired) electrons. The molecule has 3 heteroatoms. The molecule has 0 spiro atoms. The molecule has 2 heterocycles. The van der Waals surface area contributed by atoms with Crippen molar-refractivity contribution in [2.45, 2.75) is 19.8 Å². The van der Waals surface area contributed by atoms with E-state index in [2.05, 4.69) is 78.7 Å². The van der Waals surface area contributed by atoms with Gasteiger partial charge in [-0.05, 0) is 43.0 Å². The molecule has 0 amide bonds. The zero-order valence-electron chi connectivity index (χ0n) is 14.8. The van der Waals surface area contributed by atoms with Crippen molar-refractivity contribution in [1.29, 1.82) is 0 Å². The predicted octanol–water partition coefficient (Wildman–Crippen LogP) is 5.15. The quantitative estimate of drug-likeness (QED) is 0.422. The number of aryl methyl sites for hydroxylation is 4. The highest BCUT2D eigenvalue weighted by molar-refractivity contribution is 7.20. The first-order chi connectivity index (χ1) is 12.2. The molecule has 0 aliphatic heterocycles. The van der Waals surface area contributed by atoms with Gasteiger partial charge < -0.3 is 0 Å². The summed E-state index contributed by atoms with van der Waals surface area (Å²) in [5.74, 6) is 1.28. The van der Waals surface area contributed by atoms with Gasteiger partial charge >= 0.3 is 0 Å². The lowest BCUT2D eigenvalue weighted by atomic mass is 9.99. The maximum absolute atomic E-state index is 2.34. The number of rotatable bonds is 1. The number of para-hydroxylation sites is 2. The topological polar surface area (TPSA) is 8.81 Å². The summed E-state index contributed by atoms with van der Waals surface area (Å²) in [5, 5.41) is 1.40. The van der Waals surface area contributed by atoms with E-state index in [1.807, 2.05) is 11.3 Å². The largest absolute Gasteiger partial charge is 0.291 e. The van der Waals surface area contributed by atoms with Gasteiger partial charge in [-0.15, -0.1) is 11.3 Å². The molecule has 2 aromatic heterocycles. The summed E-state index contributed by atoms with van der Waals surface area (Å²) in [5.41, 5.74) is 6.72. The molecule has 0 saturated heterocycles. The summed E-state index contributed by atoms with van der Waals surface area (Å²) >= 11 is 1.98. The Kier molecular flexibility index (Phi) is 3.16. The SMILES string of the molecule is Cc1ccc2c3c(sc2c1-c1n(C)c2ccccc2[n+]1C)CCC=C3. The number of aromatic nitrogens is 2. The van der Waals surface area contributed by atoms with Gasteiger partial charge in [-0.25, -0.2) is 9.13 Å². The molecule has 1 aliphatic rings. The van der Waals surface area contributed by atoms with Crippen LogP contribution in [0.3, 0.4) is 0 Å². The normalized spacial score (nSPS) is 13.7. The van der Waals surface area contributed by atoms with Crippen molar-refractivity contribution in [3.05, 3.63) is 58.5 Å². The number of imidazole rings is 1. The number of fused-ring (bicyclic) bond motifs is 4. The highest BCUT2D eigenvalue weighted by Gasteiger charge is 2.27. The van der Waals surface area contributed by atoms with Gasteiger partial charge in [-0.1, -0.05) is 36.4 Å². The zero-order valence-corrected chi connectivity index (χ0v) is 15.7.